The fraction of sp³-hybridized carbons (Fsp3) is 0.545. The molecule has 3 rings (SSSR count). The average molecular weight is 409 g/mol. The Morgan fingerprint density at radius 3 is 2.66 bits per heavy atom. The van der Waals surface area contributed by atoms with E-state index in [4.69, 9.17) is 4.74 Å². The molecule has 7 heteroatoms. The van der Waals surface area contributed by atoms with E-state index < -0.39 is 17.7 Å². The van der Waals surface area contributed by atoms with Gasteiger partial charge in [0.15, 0.2) is 6.61 Å². The first-order chi connectivity index (χ1) is 13.4. The molecule has 158 valence electrons. The summed E-state index contributed by atoms with van der Waals surface area (Å²) in [6.45, 7) is 6.92. The number of fused-ring (bicyclic) bond motifs is 2. The van der Waals surface area contributed by atoms with Crippen molar-refractivity contribution < 1.29 is 27.5 Å². The van der Waals surface area contributed by atoms with Crippen LogP contribution in [0, 0.1) is 10.8 Å². The summed E-state index contributed by atoms with van der Waals surface area (Å²) in [5, 5.41) is 0. The molecule has 0 radical (unpaired) electrons. The van der Waals surface area contributed by atoms with Gasteiger partial charge in [0.25, 0.3) is 5.91 Å². The van der Waals surface area contributed by atoms with Gasteiger partial charge in [-0.15, -0.1) is 0 Å². The van der Waals surface area contributed by atoms with E-state index in [9.17, 15) is 22.8 Å². The molecular formula is C22H26F3NO3. The minimum absolute atomic E-state index is 0.0927. The first-order valence-electron chi connectivity index (χ1n) is 9.69. The van der Waals surface area contributed by atoms with Crippen LogP contribution in [0.15, 0.2) is 30.3 Å². The number of alkyl halides is 3. The second kappa shape index (κ2) is 7.50. The van der Waals surface area contributed by atoms with E-state index in [1.54, 1.807) is 0 Å². The Hall–Kier alpha value is -2.31. The van der Waals surface area contributed by atoms with Gasteiger partial charge in [-0.25, -0.2) is 4.79 Å². The van der Waals surface area contributed by atoms with Crippen molar-refractivity contribution in [2.24, 2.45) is 10.8 Å². The van der Waals surface area contributed by atoms with Crippen molar-refractivity contribution >= 4 is 18.0 Å². The van der Waals surface area contributed by atoms with Gasteiger partial charge in [0.2, 0.25) is 0 Å². The van der Waals surface area contributed by atoms with E-state index in [0.717, 1.165) is 37.5 Å². The highest BCUT2D eigenvalue weighted by molar-refractivity contribution is 5.89. The van der Waals surface area contributed by atoms with Crippen molar-refractivity contribution in [3.8, 4) is 0 Å². The van der Waals surface area contributed by atoms with Crippen LogP contribution in [0.2, 0.25) is 0 Å². The zero-order valence-electron chi connectivity index (χ0n) is 16.9. The number of esters is 1. The van der Waals surface area contributed by atoms with Crippen LogP contribution in [-0.2, 0) is 20.5 Å². The number of halogens is 3. The number of hydrogen-bond acceptors (Lipinski definition) is 3. The number of carbonyl (C=O) groups is 2. The number of likely N-dealkylation sites (tertiary alicyclic amines) is 1. The molecule has 1 aliphatic heterocycles. The van der Waals surface area contributed by atoms with E-state index >= 15 is 0 Å². The lowest BCUT2D eigenvalue weighted by atomic mass is 9.65. The predicted molar refractivity (Wildman–Crippen MR) is 103 cm³/mol. The van der Waals surface area contributed by atoms with Crippen LogP contribution >= 0.6 is 0 Å². The van der Waals surface area contributed by atoms with Crippen LogP contribution in [0.5, 0.6) is 0 Å². The molecule has 1 amide bonds. The lowest BCUT2D eigenvalue weighted by molar-refractivity contribution is -0.148. The van der Waals surface area contributed by atoms with Crippen LogP contribution in [0.4, 0.5) is 13.2 Å². The maximum Gasteiger partial charge on any atom is 0.416 e. The van der Waals surface area contributed by atoms with E-state index in [2.05, 4.69) is 20.8 Å². The maximum absolute atomic E-state index is 12.7. The summed E-state index contributed by atoms with van der Waals surface area (Å²) >= 11 is 0. The zero-order chi connectivity index (χ0) is 21.4. The molecule has 29 heavy (non-hydrogen) atoms. The highest BCUT2D eigenvalue weighted by Gasteiger charge is 2.50. The number of carbonyl (C=O) groups excluding carboxylic acids is 2. The lowest BCUT2D eigenvalue weighted by Crippen LogP contribution is -2.39. The Labute approximate surface area is 168 Å². The van der Waals surface area contributed by atoms with Gasteiger partial charge in [-0.2, -0.15) is 13.2 Å². The molecule has 2 bridgehead atoms. The van der Waals surface area contributed by atoms with Gasteiger partial charge in [0.1, 0.15) is 0 Å². The lowest BCUT2D eigenvalue weighted by Gasteiger charge is -2.39. The molecule has 1 saturated heterocycles. The summed E-state index contributed by atoms with van der Waals surface area (Å²) in [4.78, 5) is 26.3. The standard InChI is InChI=1S/C22H26F3NO3/c1-20(2)10-17-11-21(3,13-20)14-26(17)18(27)12-29-19(28)8-7-15-5-4-6-16(9-15)22(23,24)25/h4-9,17H,10-14H2,1-3H3/b8-7+/t17-,21+/m1/s1. The third-order valence-corrected chi connectivity index (χ3v) is 5.70. The van der Waals surface area contributed by atoms with Gasteiger partial charge in [-0.1, -0.05) is 32.9 Å². The highest BCUT2D eigenvalue weighted by Crippen LogP contribution is 2.52. The normalized spacial score (nSPS) is 26.0. The Bertz CT molecular complexity index is 831. The predicted octanol–water partition coefficient (Wildman–Crippen LogP) is 4.69. The number of amides is 1. The number of nitrogens with zero attached hydrogens (tertiary/aromatic N) is 1. The first kappa shape index (κ1) is 21.4. The molecule has 1 aliphatic carbocycles. The minimum Gasteiger partial charge on any atom is -0.452 e. The molecule has 1 heterocycles. The first-order valence-corrected chi connectivity index (χ1v) is 9.69. The Balaban J connectivity index is 1.55. The Morgan fingerprint density at radius 2 is 1.97 bits per heavy atom. The average Bonchev–Trinajstić information content (AvgIpc) is 2.86. The largest absolute Gasteiger partial charge is 0.452 e. The molecule has 1 saturated carbocycles. The van der Waals surface area contributed by atoms with E-state index in [1.165, 1.54) is 18.2 Å². The second-order valence-electron chi connectivity index (χ2n) is 9.30. The smallest absolute Gasteiger partial charge is 0.416 e. The van der Waals surface area contributed by atoms with Crippen LogP contribution in [0.25, 0.3) is 6.08 Å². The number of ether oxygens (including phenoxy) is 1. The molecule has 2 atom stereocenters. The SMILES string of the molecule is CC1(C)C[C@@H]2C[C@](C)(CN2C(=O)COC(=O)/C=C/c2cccc(C(F)(F)F)c2)C1. The monoisotopic (exact) mass is 409 g/mol. The Morgan fingerprint density at radius 1 is 1.24 bits per heavy atom. The molecule has 0 unspecified atom stereocenters. The molecule has 0 spiro atoms. The maximum atomic E-state index is 12.7. The number of rotatable bonds is 4. The molecular weight excluding hydrogens is 383 g/mol. The van der Waals surface area contributed by atoms with Gasteiger partial charge in [-0.3, -0.25) is 4.79 Å². The van der Waals surface area contributed by atoms with Crippen LogP contribution < -0.4 is 0 Å². The van der Waals surface area contributed by atoms with E-state index in [1.807, 2.05) is 4.90 Å². The van der Waals surface area contributed by atoms with Gasteiger partial charge in [0, 0.05) is 18.7 Å². The van der Waals surface area contributed by atoms with Crippen molar-refractivity contribution in [2.45, 2.75) is 52.3 Å². The van der Waals surface area contributed by atoms with Crippen molar-refractivity contribution in [2.75, 3.05) is 13.2 Å². The van der Waals surface area contributed by atoms with Crippen molar-refractivity contribution in [1.29, 1.82) is 0 Å². The van der Waals surface area contributed by atoms with E-state index in [-0.39, 0.29) is 34.9 Å². The fourth-order valence-corrected chi connectivity index (χ4v) is 5.00. The summed E-state index contributed by atoms with van der Waals surface area (Å²) in [5.41, 5.74) is -0.293. The van der Waals surface area contributed by atoms with Gasteiger partial charge in [0.05, 0.1) is 5.56 Å². The zero-order valence-corrected chi connectivity index (χ0v) is 16.9. The summed E-state index contributed by atoms with van der Waals surface area (Å²) < 4.78 is 43.2. The summed E-state index contributed by atoms with van der Waals surface area (Å²) in [6.07, 6.45) is 0.781. The van der Waals surface area contributed by atoms with Crippen LogP contribution in [0.1, 0.15) is 51.2 Å². The van der Waals surface area contributed by atoms with Crippen LogP contribution in [-0.4, -0.2) is 36.0 Å². The van der Waals surface area contributed by atoms with Crippen molar-refractivity contribution in [3.05, 3.63) is 41.5 Å². The van der Waals surface area contributed by atoms with Crippen molar-refractivity contribution in [1.82, 2.24) is 4.90 Å². The number of hydrogen-bond donors (Lipinski definition) is 0. The second-order valence-corrected chi connectivity index (χ2v) is 9.30. The van der Waals surface area contributed by atoms with Gasteiger partial charge < -0.3 is 9.64 Å². The van der Waals surface area contributed by atoms with Gasteiger partial charge in [-0.05, 0) is 53.9 Å². The topological polar surface area (TPSA) is 46.6 Å². The molecule has 1 aromatic rings. The van der Waals surface area contributed by atoms with Crippen molar-refractivity contribution in [3.63, 3.8) is 0 Å². The fourth-order valence-electron chi connectivity index (χ4n) is 5.00. The molecule has 1 aromatic carbocycles. The number of benzene rings is 1. The third kappa shape index (κ3) is 5.19. The van der Waals surface area contributed by atoms with Gasteiger partial charge >= 0.3 is 12.1 Å². The Kier molecular flexibility index (Phi) is 5.54. The van der Waals surface area contributed by atoms with E-state index in [0.29, 0.717) is 6.54 Å². The molecule has 2 fully saturated rings. The summed E-state index contributed by atoms with van der Waals surface area (Å²) in [5.74, 6) is -0.985. The molecule has 2 aliphatic rings. The molecule has 0 N–H and O–H groups in total. The quantitative estimate of drug-likeness (QED) is 0.535. The third-order valence-electron chi connectivity index (χ3n) is 5.70. The summed E-state index contributed by atoms with van der Waals surface area (Å²) in [7, 11) is 0. The molecule has 4 nitrogen and oxygen atoms in total. The highest BCUT2D eigenvalue weighted by atomic mass is 19.4. The minimum atomic E-state index is -4.45. The molecule has 0 aromatic heterocycles. The van der Waals surface area contributed by atoms with Crippen LogP contribution in [0.3, 0.4) is 0 Å². The summed E-state index contributed by atoms with van der Waals surface area (Å²) in [6, 6.07) is 4.79.